The molecule has 2 heterocycles. The van der Waals surface area contributed by atoms with Crippen LogP contribution in [0.1, 0.15) is 21.7 Å². The van der Waals surface area contributed by atoms with Crippen LogP contribution in [-0.4, -0.2) is 21.0 Å². The third-order valence-corrected chi connectivity index (χ3v) is 3.00. The summed E-state index contributed by atoms with van der Waals surface area (Å²) in [5.41, 5.74) is 1.53. The summed E-state index contributed by atoms with van der Waals surface area (Å²) < 4.78 is 0. The van der Waals surface area contributed by atoms with Crippen molar-refractivity contribution < 1.29 is 9.90 Å². The first-order valence-corrected chi connectivity index (χ1v) is 6.06. The van der Waals surface area contributed by atoms with Gasteiger partial charge in [-0.3, -0.25) is 4.79 Å². The van der Waals surface area contributed by atoms with E-state index in [4.69, 9.17) is 5.11 Å². The highest BCUT2D eigenvalue weighted by molar-refractivity contribution is 7.07. The first kappa shape index (κ1) is 12.3. The Kier molecular flexibility index (Phi) is 3.42. The molecular formula is C11H11N3O3S. The molecule has 0 aromatic carbocycles. The van der Waals surface area contributed by atoms with Crippen molar-refractivity contribution >= 4 is 23.1 Å². The Morgan fingerprint density at radius 2 is 2.33 bits per heavy atom. The number of aromatic carboxylic acids is 1. The Morgan fingerprint density at radius 3 is 2.94 bits per heavy atom. The van der Waals surface area contributed by atoms with E-state index in [0.717, 1.165) is 17.0 Å². The normalized spacial score (nSPS) is 10.3. The zero-order chi connectivity index (χ0) is 13.1. The molecule has 6 nitrogen and oxygen atoms in total. The van der Waals surface area contributed by atoms with Crippen LogP contribution in [-0.2, 0) is 6.54 Å². The number of aromatic amines is 1. The third kappa shape index (κ3) is 2.75. The Balaban J connectivity index is 2.20. The van der Waals surface area contributed by atoms with Crippen molar-refractivity contribution in [2.45, 2.75) is 13.5 Å². The van der Waals surface area contributed by atoms with Crippen LogP contribution in [0.15, 0.2) is 22.3 Å². The fraction of sp³-hybridized carbons (Fsp3) is 0.182. The molecule has 0 atom stereocenters. The maximum atomic E-state index is 11.0. The largest absolute Gasteiger partial charge is 0.478 e. The minimum atomic E-state index is -1.04. The number of anilines is 1. The second-order valence-electron chi connectivity index (χ2n) is 3.68. The van der Waals surface area contributed by atoms with Gasteiger partial charge in [0.2, 0.25) is 0 Å². The molecular weight excluding hydrogens is 254 g/mol. The van der Waals surface area contributed by atoms with Gasteiger partial charge in [0, 0.05) is 16.8 Å². The summed E-state index contributed by atoms with van der Waals surface area (Å²) in [5, 5.41) is 13.6. The molecule has 2 aromatic rings. The summed E-state index contributed by atoms with van der Waals surface area (Å²) in [6.07, 6.45) is 0. The number of thiazole rings is 1. The van der Waals surface area contributed by atoms with E-state index in [1.807, 2.05) is 0 Å². The van der Waals surface area contributed by atoms with Gasteiger partial charge in [0.05, 0.1) is 6.54 Å². The third-order valence-electron chi connectivity index (χ3n) is 2.28. The Hall–Kier alpha value is -2.15. The maximum Gasteiger partial charge on any atom is 0.339 e. The molecule has 94 valence electrons. The Morgan fingerprint density at radius 1 is 1.56 bits per heavy atom. The molecule has 0 unspecified atom stereocenters. The first-order valence-electron chi connectivity index (χ1n) is 5.18. The number of pyridine rings is 1. The van der Waals surface area contributed by atoms with Crippen molar-refractivity contribution in [3.05, 3.63) is 44.1 Å². The van der Waals surface area contributed by atoms with Gasteiger partial charge >= 0.3 is 10.8 Å². The van der Waals surface area contributed by atoms with Crippen molar-refractivity contribution in [3.8, 4) is 0 Å². The highest BCUT2D eigenvalue weighted by Crippen LogP contribution is 2.14. The smallest absolute Gasteiger partial charge is 0.339 e. The summed E-state index contributed by atoms with van der Waals surface area (Å²) in [7, 11) is 0. The van der Waals surface area contributed by atoms with Crippen molar-refractivity contribution in [1.82, 2.24) is 9.97 Å². The van der Waals surface area contributed by atoms with Gasteiger partial charge in [-0.05, 0) is 19.1 Å². The van der Waals surface area contributed by atoms with Crippen LogP contribution in [0, 0.1) is 6.92 Å². The number of nitrogens with zero attached hydrogens (tertiary/aromatic N) is 1. The van der Waals surface area contributed by atoms with E-state index in [2.05, 4.69) is 15.3 Å². The van der Waals surface area contributed by atoms with Crippen LogP contribution < -0.4 is 10.2 Å². The lowest BCUT2D eigenvalue weighted by Gasteiger charge is -2.08. The van der Waals surface area contributed by atoms with E-state index in [1.165, 1.54) is 6.07 Å². The van der Waals surface area contributed by atoms with Gasteiger partial charge in [0.25, 0.3) is 0 Å². The van der Waals surface area contributed by atoms with E-state index in [9.17, 15) is 9.59 Å². The minimum absolute atomic E-state index is 0.109. The van der Waals surface area contributed by atoms with Gasteiger partial charge < -0.3 is 15.4 Å². The number of H-pyrrole nitrogens is 1. The molecule has 0 spiro atoms. The quantitative estimate of drug-likeness (QED) is 0.777. The fourth-order valence-electron chi connectivity index (χ4n) is 1.44. The number of nitrogens with one attached hydrogen (secondary N) is 2. The summed E-state index contributed by atoms with van der Waals surface area (Å²) in [4.78, 5) is 28.6. The summed E-state index contributed by atoms with van der Waals surface area (Å²) in [6, 6.07) is 3.14. The highest BCUT2D eigenvalue weighted by atomic mass is 32.1. The summed E-state index contributed by atoms with van der Waals surface area (Å²) >= 11 is 1.07. The molecule has 0 aliphatic rings. The van der Waals surface area contributed by atoms with E-state index in [0.29, 0.717) is 18.1 Å². The van der Waals surface area contributed by atoms with Crippen LogP contribution in [0.2, 0.25) is 0 Å². The first-order chi connectivity index (χ1) is 8.56. The highest BCUT2D eigenvalue weighted by Gasteiger charge is 2.11. The molecule has 0 aliphatic heterocycles. The number of carbonyl (C=O) groups is 1. The average molecular weight is 265 g/mol. The van der Waals surface area contributed by atoms with Gasteiger partial charge in [-0.25, -0.2) is 9.78 Å². The van der Waals surface area contributed by atoms with Gasteiger partial charge in [0.1, 0.15) is 11.4 Å². The lowest BCUT2D eigenvalue weighted by Crippen LogP contribution is -2.10. The van der Waals surface area contributed by atoms with E-state index < -0.39 is 5.97 Å². The molecule has 0 radical (unpaired) electrons. The Bertz CT molecular complexity index is 632. The predicted octanol–water partition coefficient (Wildman–Crippen LogP) is 1.45. The summed E-state index contributed by atoms with van der Waals surface area (Å²) in [6.45, 7) is 2.11. The molecule has 0 saturated heterocycles. The van der Waals surface area contributed by atoms with Crippen LogP contribution >= 0.6 is 11.3 Å². The van der Waals surface area contributed by atoms with E-state index in [-0.39, 0.29) is 10.4 Å². The SMILES string of the molecule is Cc1ccc(C(=O)O)c(NCc2csc(=O)[nH]2)n1. The molecule has 18 heavy (non-hydrogen) atoms. The number of aromatic nitrogens is 2. The van der Waals surface area contributed by atoms with Crippen LogP contribution in [0.5, 0.6) is 0 Å². The number of aryl methyl sites for hydroxylation is 1. The number of rotatable bonds is 4. The van der Waals surface area contributed by atoms with Crippen LogP contribution in [0.3, 0.4) is 0 Å². The van der Waals surface area contributed by atoms with Crippen LogP contribution in [0.4, 0.5) is 5.82 Å². The van der Waals surface area contributed by atoms with Gasteiger partial charge in [-0.1, -0.05) is 11.3 Å². The molecule has 0 amide bonds. The number of carboxylic acid groups (broad SMARTS) is 1. The molecule has 2 aromatic heterocycles. The average Bonchev–Trinajstić information content (AvgIpc) is 2.72. The Labute approximate surface area is 106 Å². The van der Waals surface area contributed by atoms with Crippen molar-refractivity contribution in [3.63, 3.8) is 0 Å². The number of hydrogen-bond donors (Lipinski definition) is 3. The van der Waals surface area contributed by atoms with Gasteiger partial charge in [0.15, 0.2) is 0 Å². The molecule has 0 aliphatic carbocycles. The minimum Gasteiger partial charge on any atom is -0.478 e. The lowest BCUT2D eigenvalue weighted by atomic mass is 10.2. The summed E-state index contributed by atoms with van der Waals surface area (Å²) in [5.74, 6) is -0.738. The number of hydrogen-bond acceptors (Lipinski definition) is 5. The van der Waals surface area contributed by atoms with Gasteiger partial charge in [-0.2, -0.15) is 0 Å². The fourth-order valence-corrected chi connectivity index (χ4v) is 2.03. The topological polar surface area (TPSA) is 95.1 Å². The standard InChI is InChI=1S/C11H11N3O3S/c1-6-2-3-8(10(15)16)9(13-6)12-4-7-5-18-11(17)14-7/h2-3,5H,4H2,1H3,(H,12,13)(H,14,17)(H,15,16). The monoisotopic (exact) mass is 265 g/mol. The second-order valence-corrected chi connectivity index (χ2v) is 4.52. The van der Waals surface area contributed by atoms with Crippen molar-refractivity contribution in [2.24, 2.45) is 0 Å². The molecule has 7 heteroatoms. The van der Waals surface area contributed by atoms with Gasteiger partial charge in [-0.15, -0.1) is 0 Å². The zero-order valence-corrected chi connectivity index (χ0v) is 10.4. The molecule has 0 saturated carbocycles. The molecule has 0 fully saturated rings. The predicted molar refractivity (Wildman–Crippen MR) is 68.2 cm³/mol. The van der Waals surface area contributed by atoms with E-state index >= 15 is 0 Å². The number of carboxylic acids is 1. The lowest BCUT2D eigenvalue weighted by molar-refractivity contribution is 0.0697. The van der Waals surface area contributed by atoms with Crippen LogP contribution in [0.25, 0.3) is 0 Å². The molecule has 2 rings (SSSR count). The zero-order valence-electron chi connectivity index (χ0n) is 9.56. The van der Waals surface area contributed by atoms with E-state index in [1.54, 1.807) is 18.4 Å². The molecule has 3 N–H and O–H groups in total. The second kappa shape index (κ2) is 5.01. The van der Waals surface area contributed by atoms with Crippen molar-refractivity contribution in [2.75, 3.05) is 5.32 Å². The maximum absolute atomic E-state index is 11.0. The van der Waals surface area contributed by atoms with Crippen molar-refractivity contribution in [1.29, 1.82) is 0 Å². The molecule has 0 bridgehead atoms.